The summed E-state index contributed by atoms with van der Waals surface area (Å²) in [7, 11) is 0. The molecule has 0 aliphatic carbocycles. The Morgan fingerprint density at radius 1 is 1.00 bits per heavy atom. The van der Waals surface area contributed by atoms with Crippen LogP contribution in [0.2, 0.25) is 0 Å². The van der Waals surface area contributed by atoms with Crippen molar-refractivity contribution in [1.29, 1.82) is 0 Å². The molecule has 29 heavy (non-hydrogen) atoms. The topological polar surface area (TPSA) is 85.1 Å². The highest BCUT2D eigenvalue weighted by molar-refractivity contribution is 5.98. The van der Waals surface area contributed by atoms with E-state index in [1.807, 2.05) is 62.4 Å². The van der Waals surface area contributed by atoms with Gasteiger partial charge < -0.3 is 9.84 Å². The van der Waals surface area contributed by atoms with Gasteiger partial charge in [-0.15, -0.1) is 0 Å². The van der Waals surface area contributed by atoms with Gasteiger partial charge in [0, 0.05) is 36.9 Å². The molecule has 3 rings (SSSR count). The van der Waals surface area contributed by atoms with Crippen LogP contribution < -0.4 is 5.32 Å². The van der Waals surface area contributed by atoms with Crippen molar-refractivity contribution in [2.45, 2.75) is 39.5 Å². The summed E-state index contributed by atoms with van der Waals surface area (Å²) in [5.74, 6) is 0.970. The first-order valence-corrected chi connectivity index (χ1v) is 9.78. The molecule has 2 aromatic carbocycles. The van der Waals surface area contributed by atoms with E-state index in [1.54, 1.807) is 0 Å². The SMILES string of the molecule is Cc1ccc(C(=O)CCC(=O)NCCCc2nc(-c3ccccc3)no2)cc1C. The molecule has 0 aliphatic heterocycles. The number of Topliss-reactive ketones (excluding diaryl/α,β-unsaturated/α-hetero) is 1. The lowest BCUT2D eigenvalue weighted by atomic mass is 10.0. The monoisotopic (exact) mass is 391 g/mol. The molecule has 0 radical (unpaired) electrons. The average Bonchev–Trinajstić information content (AvgIpc) is 3.21. The van der Waals surface area contributed by atoms with Crippen LogP contribution in [-0.2, 0) is 11.2 Å². The summed E-state index contributed by atoms with van der Waals surface area (Å²) in [6, 6.07) is 15.3. The first-order valence-electron chi connectivity index (χ1n) is 9.78. The van der Waals surface area contributed by atoms with E-state index in [4.69, 9.17) is 4.52 Å². The van der Waals surface area contributed by atoms with E-state index in [0.717, 1.165) is 16.7 Å². The maximum atomic E-state index is 12.2. The normalized spacial score (nSPS) is 10.7. The maximum Gasteiger partial charge on any atom is 0.227 e. The maximum absolute atomic E-state index is 12.2. The Balaban J connectivity index is 1.36. The second-order valence-corrected chi connectivity index (χ2v) is 7.05. The molecule has 3 aromatic rings. The summed E-state index contributed by atoms with van der Waals surface area (Å²) in [4.78, 5) is 28.6. The number of carbonyl (C=O) groups excluding carboxylic acids is 2. The highest BCUT2D eigenvalue weighted by atomic mass is 16.5. The smallest absolute Gasteiger partial charge is 0.227 e. The zero-order valence-electron chi connectivity index (χ0n) is 16.8. The van der Waals surface area contributed by atoms with Gasteiger partial charge in [-0.05, 0) is 37.5 Å². The van der Waals surface area contributed by atoms with Crippen LogP contribution in [0.25, 0.3) is 11.4 Å². The zero-order chi connectivity index (χ0) is 20.6. The lowest BCUT2D eigenvalue weighted by molar-refractivity contribution is -0.121. The highest BCUT2D eigenvalue weighted by Gasteiger charge is 2.11. The van der Waals surface area contributed by atoms with Gasteiger partial charge in [-0.3, -0.25) is 9.59 Å². The van der Waals surface area contributed by atoms with Crippen molar-refractivity contribution in [3.8, 4) is 11.4 Å². The molecule has 0 aliphatic rings. The molecule has 6 heteroatoms. The third kappa shape index (κ3) is 5.85. The summed E-state index contributed by atoms with van der Waals surface area (Å²) < 4.78 is 5.25. The fourth-order valence-electron chi connectivity index (χ4n) is 2.90. The van der Waals surface area contributed by atoms with E-state index in [0.29, 0.717) is 36.7 Å². The number of aryl methyl sites for hydroxylation is 3. The van der Waals surface area contributed by atoms with Crippen LogP contribution in [0.15, 0.2) is 53.1 Å². The van der Waals surface area contributed by atoms with Gasteiger partial charge in [0.2, 0.25) is 17.6 Å². The molecular formula is C23H25N3O3. The number of nitrogens with one attached hydrogen (secondary N) is 1. The first kappa shape index (κ1) is 20.5. The Morgan fingerprint density at radius 3 is 2.55 bits per heavy atom. The molecule has 0 saturated carbocycles. The van der Waals surface area contributed by atoms with Crippen LogP contribution in [0.3, 0.4) is 0 Å². The molecule has 0 fully saturated rings. The number of hydrogen-bond donors (Lipinski definition) is 1. The standard InChI is InChI=1S/C23H25N3O3/c1-16-10-11-19(15-17(16)2)20(27)12-13-21(28)24-14-6-9-22-25-23(26-29-22)18-7-4-3-5-8-18/h3-5,7-8,10-11,15H,6,9,12-14H2,1-2H3,(H,24,28). The third-order valence-corrected chi connectivity index (χ3v) is 4.80. The molecule has 0 atom stereocenters. The van der Waals surface area contributed by atoms with Crippen molar-refractivity contribution in [2.75, 3.05) is 6.54 Å². The van der Waals surface area contributed by atoms with Gasteiger partial charge in [0.05, 0.1) is 0 Å². The van der Waals surface area contributed by atoms with Gasteiger partial charge in [0.25, 0.3) is 0 Å². The number of ketones is 1. The van der Waals surface area contributed by atoms with Crippen molar-refractivity contribution in [1.82, 2.24) is 15.5 Å². The Hall–Kier alpha value is -3.28. The van der Waals surface area contributed by atoms with Crippen molar-refractivity contribution in [2.24, 2.45) is 0 Å². The number of hydrogen-bond acceptors (Lipinski definition) is 5. The van der Waals surface area contributed by atoms with E-state index in [1.165, 1.54) is 0 Å². The molecule has 1 N–H and O–H groups in total. The number of nitrogens with zero attached hydrogens (tertiary/aromatic N) is 2. The molecule has 1 heterocycles. The van der Waals surface area contributed by atoms with Crippen LogP contribution in [0, 0.1) is 13.8 Å². The van der Waals surface area contributed by atoms with Crippen LogP contribution in [-0.4, -0.2) is 28.4 Å². The molecule has 150 valence electrons. The molecule has 6 nitrogen and oxygen atoms in total. The predicted octanol–water partition coefficient (Wildman–Crippen LogP) is 4.07. The Kier molecular flexibility index (Phi) is 6.89. The zero-order valence-corrected chi connectivity index (χ0v) is 16.8. The van der Waals surface area contributed by atoms with Crippen molar-refractivity contribution in [3.05, 3.63) is 71.1 Å². The van der Waals surface area contributed by atoms with Gasteiger partial charge in [0.15, 0.2) is 5.78 Å². The van der Waals surface area contributed by atoms with E-state index in [-0.39, 0.29) is 24.5 Å². The van der Waals surface area contributed by atoms with Crippen LogP contribution >= 0.6 is 0 Å². The summed E-state index contributed by atoms with van der Waals surface area (Å²) in [6.45, 7) is 4.48. The lowest BCUT2D eigenvalue weighted by Gasteiger charge is -2.06. The van der Waals surface area contributed by atoms with Crippen molar-refractivity contribution in [3.63, 3.8) is 0 Å². The van der Waals surface area contributed by atoms with Gasteiger partial charge in [-0.2, -0.15) is 4.98 Å². The fraction of sp³-hybridized carbons (Fsp3) is 0.304. The Bertz CT molecular complexity index is 980. The van der Waals surface area contributed by atoms with E-state index < -0.39 is 0 Å². The molecule has 1 aromatic heterocycles. The lowest BCUT2D eigenvalue weighted by Crippen LogP contribution is -2.25. The molecule has 0 spiro atoms. The van der Waals surface area contributed by atoms with Crippen LogP contribution in [0.4, 0.5) is 0 Å². The van der Waals surface area contributed by atoms with Crippen LogP contribution in [0.1, 0.15) is 46.6 Å². The molecule has 0 bridgehead atoms. The van der Waals surface area contributed by atoms with Crippen LogP contribution in [0.5, 0.6) is 0 Å². The summed E-state index contributed by atoms with van der Waals surface area (Å²) in [5, 5.41) is 6.82. The minimum Gasteiger partial charge on any atom is -0.356 e. The van der Waals surface area contributed by atoms with E-state index in [2.05, 4.69) is 15.5 Å². The number of carbonyl (C=O) groups is 2. The predicted molar refractivity (Wildman–Crippen MR) is 111 cm³/mol. The summed E-state index contributed by atoms with van der Waals surface area (Å²) >= 11 is 0. The van der Waals surface area contributed by atoms with Crippen molar-refractivity contribution >= 4 is 11.7 Å². The largest absolute Gasteiger partial charge is 0.356 e. The summed E-state index contributed by atoms with van der Waals surface area (Å²) in [5.41, 5.74) is 3.80. The van der Waals surface area contributed by atoms with Gasteiger partial charge in [0.1, 0.15) is 0 Å². The number of benzene rings is 2. The fourth-order valence-corrected chi connectivity index (χ4v) is 2.90. The number of aromatic nitrogens is 2. The number of amides is 1. The Labute approximate surface area is 170 Å². The second kappa shape index (κ2) is 9.78. The molecular weight excluding hydrogens is 366 g/mol. The van der Waals surface area contributed by atoms with Gasteiger partial charge in [-0.25, -0.2) is 0 Å². The van der Waals surface area contributed by atoms with Crippen molar-refractivity contribution < 1.29 is 14.1 Å². The molecule has 0 unspecified atom stereocenters. The average molecular weight is 391 g/mol. The summed E-state index contributed by atoms with van der Waals surface area (Å²) in [6.07, 6.45) is 1.66. The minimum absolute atomic E-state index is 0.0115. The van der Waals surface area contributed by atoms with E-state index in [9.17, 15) is 9.59 Å². The highest BCUT2D eigenvalue weighted by Crippen LogP contribution is 2.15. The second-order valence-electron chi connectivity index (χ2n) is 7.05. The first-order chi connectivity index (χ1) is 14.0. The van der Waals surface area contributed by atoms with Gasteiger partial charge >= 0.3 is 0 Å². The minimum atomic E-state index is -0.127. The molecule has 0 saturated heterocycles. The quantitative estimate of drug-likeness (QED) is 0.439. The number of rotatable bonds is 9. The third-order valence-electron chi connectivity index (χ3n) is 4.80. The van der Waals surface area contributed by atoms with Gasteiger partial charge in [-0.1, -0.05) is 47.6 Å². The molecule has 1 amide bonds. The van der Waals surface area contributed by atoms with E-state index >= 15 is 0 Å². The Morgan fingerprint density at radius 2 is 1.79 bits per heavy atom.